The molecule has 6 heteroatoms. The van der Waals surface area contributed by atoms with Gasteiger partial charge in [0, 0.05) is 23.0 Å². The van der Waals surface area contributed by atoms with Gasteiger partial charge in [0.2, 0.25) is 0 Å². The highest BCUT2D eigenvalue weighted by Gasteiger charge is 2.09. The van der Waals surface area contributed by atoms with E-state index in [9.17, 15) is 0 Å². The summed E-state index contributed by atoms with van der Waals surface area (Å²) in [6.45, 7) is 0.532. The van der Waals surface area contributed by atoms with Gasteiger partial charge in [-0.25, -0.2) is 4.98 Å². The average molecular weight is 261 g/mol. The van der Waals surface area contributed by atoms with E-state index in [0.717, 1.165) is 5.56 Å². The fraction of sp³-hybridized carbons (Fsp3) is 0.0833. The molecule has 5 nitrogen and oxygen atoms in total. The number of rotatable bonds is 3. The quantitative estimate of drug-likeness (QED) is 0.726. The van der Waals surface area contributed by atoms with Crippen LogP contribution in [-0.2, 0) is 6.54 Å². The monoisotopic (exact) mass is 260 g/mol. The van der Waals surface area contributed by atoms with E-state index in [1.165, 1.54) is 0 Å². The van der Waals surface area contributed by atoms with E-state index in [-0.39, 0.29) is 0 Å². The molecule has 0 saturated heterocycles. The van der Waals surface area contributed by atoms with Crippen LogP contribution in [0.25, 0.3) is 11.5 Å². The Hall–Kier alpha value is -2.14. The van der Waals surface area contributed by atoms with Crippen LogP contribution in [0.4, 0.5) is 0 Å². The highest BCUT2D eigenvalue weighted by atomic mass is 35.5. The molecule has 0 aliphatic rings. The minimum Gasteiger partial charge on any atom is -0.334 e. The van der Waals surface area contributed by atoms with Gasteiger partial charge in [0.15, 0.2) is 5.82 Å². The number of nitrogens with zero attached hydrogens (tertiary/aromatic N) is 4. The van der Waals surface area contributed by atoms with Gasteiger partial charge >= 0.3 is 0 Å². The molecule has 0 atom stereocenters. The van der Waals surface area contributed by atoms with Crippen LogP contribution >= 0.6 is 11.6 Å². The standard InChI is InChI=1S/C12H9ClN4O/c13-10-3-1-2-9(6-10)12-15-11(16-18-12)7-17-5-4-14-8-17/h1-6,8H,7H2. The van der Waals surface area contributed by atoms with Gasteiger partial charge < -0.3 is 9.09 Å². The molecule has 0 saturated carbocycles. The van der Waals surface area contributed by atoms with Gasteiger partial charge in [-0.15, -0.1) is 0 Å². The molecule has 2 heterocycles. The summed E-state index contributed by atoms with van der Waals surface area (Å²) in [5.41, 5.74) is 0.812. The molecule has 3 aromatic rings. The predicted octanol–water partition coefficient (Wildman–Crippen LogP) is 2.63. The summed E-state index contributed by atoms with van der Waals surface area (Å²) in [4.78, 5) is 8.27. The zero-order valence-corrected chi connectivity index (χ0v) is 10.1. The van der Waals surface area contributed by atoms with Crippen molar-refractivity contribution in [3.05, 3.63) is 53.8 Å². The van der Waals surface area contributed by atoms with E-state index in [4.69, 9.17) is 16.1 Å². The van der Waals surface area contributed by atoms with Crippen molar-refractivity contribution in [2.45, 2.75) is 6.54 Å². The lowest BCUT2D eigenvalue weighted by atomic mass is 10.2. The Kier molecular flexibility index (Phi) is 2.82. The second-order valence-electron chi connectivity index (χ2n) is 3.76. The summed E-state index contributed by atoms with van der Waals surface area (Å²) in [6.07, 6.45) is 5.25. The van der Waals surface area contributed by atoms with Crippen molar-refractivity contribution >= 4 is 11.6 Å². The maximum absolute atomic E-state index is 5.91. The van der Waals surface area contributed by atoms with Crippen LogP contribution in [0.2, 0.25) is 5.02 Å². The molecule has 0 amide bonds. The second-order valence-corrected chi connectivity index (χ2v) is 4.20. The Morgan fingerprint density at radius 1 is 1.33 bits per heavy atom. The molecule has 0 fully saturated rings. The van der Waals surface area contributed by atoms with Crippen LogP contribution < -0.4 is 0 Å². The lowest BCUT2D eigenvalue weighted by Crippen LogP contribution is -1.98. The van der Waals surface area contributed by atoms with Gasteiger partial charge in [0.1, 0.15) is 0 Å². The Balaban J connectivity index is 1.85. The van der Waals surface area contributed by atoms with Crippen molar-refractivity contribution in [3.8, 4) is 11.5 Å². The van der Waals surface area contributed by atoms with E-state index in [1.807, 2.05) is 22.9 Å². The van der Waals surface area contributed by atoms with E-state index in [1.54, 1.807) is 24.7 Å². The zero-order valence-electron chi connectivity index (χ0n) is 9.32. The summed E-state index contributed by atoms with van der Waals surface area (Å²) >= 11 is 5.91. The highest BCUT2D eigenvalue weighted by Crippen LogP contribution is 2.20. The molecule has 0 aliphatic heterocycles. The summed E-state index contributed by atoms with van der Waals surface area (Å²) in [5, 5.41) is 4.56. The largest absolute Gasteiger partial charge is 0.334 e. The topological polar surface area (TPSA) is 56.7 Å². The number of aromatic nitrogens is 4. The smallest absolute Gasteiger partial charge is 0.258 e. The Labute approximate surface area is 108 Å². The minimum atomic E-state index is 0.465. The van der Waals surface area contributed by atoms with Crippen molar-refractivity contribution in [1.82, 2.24) is 19.7 Å². The van der Waals surface area contributed by atoms with Crippen LogP contribution in [0.5, 0.6) is 0 Å². The molecule has 0 radical (unpaired) electrons. The maximum atomic E-state index is 5.91. The molecule has 2 aromatic heterocycles. The average Bonchev–Trinajstić information content (AvgIpc) is 3.01. The fourth-order valence-corrected chi connectivity index (χ4v) is 1.79. The van der Waals surface area contributed by atoms with Crippen LogP contribution in [-0.4, -0.2) is 19.7 Å². The molecule has 90 valence electrons. The second kappa shape index (κ2) is 4.62. The minimum absolute atomic E-state index is 0.465. The van der Waals surface area contributed by atoms with Gasteiger partial charge in [-0.3, -0.25) is 0 Å². The molecule has 1 aromatic carbocycles. The maximum Gasteiger partial charge on any atom is 0.258 e. The Morgan fingerprint density at radius 3 is 3.06 bits per heavy atom. The van der Waals surface area contributed by atoms with Gasteiger partial charge in [-0.1, -0.05) is 22.8 Å². The highest BCUT2D eigenvalue weighted by molar-refractivity contribution is 6.30. The zero-order chi connectivity index (χ0) is 12.4. The number of benzene rings is 1. The van der Waals surface area contributed by atoms with Crippen molar-refractivity contribution in [1.29, 1.82) is 0 Å². The number of halogens is 1. The van der Waals surface area contributed by atoms with Crippen LogP contribution in [0.15, 0.2) is 47.5 Å². The van der Waals surface area contributed by atoms with Crippen molar-refractivity contribution in [3.63, 3.8) is 0 Å². The van der Waals surface area contributed by atoms with Gasteiger partial charge in [0.25, 0.3) is 5.89 Å². The fourth-order valence-electron chi connectivity index (χ4n) is 1.60. The number of hydrogen-bond acceptors (Lipinski definition) is 4. The van der Waals surface area contributed by atoms with E-state index < -0.39 is 0 Å². The van der Waals surface area contributed by atoms with E-state index in [0.29, 0.717) is 23.3 Å². The van der Waals surface area contributed by atoms with Gasteiger partial charge in [-0.2, -0.15) is 4.98 Å². The molecule has 0 aliphatic carbocycles. The van der Waals surface area contributed by atoms with Crippen LogP contribution in [0, 0.1) is 0 Å². The van der Waals surface area contributed by atoms with E-state index in [2.05, 4.69) is 15.1 Å². The lowest BCUT2D eigenvalue weighted by Gasteiger charge is -1.95. The van der Waals surface area contributed by atoms with E-state index >= 15 is 0 Å². The van der Waals surface area contributed by atoms with Crippen molar-refractivity contribution < 1.29 is 4.52 Å². The molecule has 0 N–H and O–H groups in total. The predicted molar refractivity (Wildman–Crippen MR) is 66.1 cm³/mol. The SMILES string of the molecule is Clc1cccc(-c2nc(Cn3ccnc3)no2)c1. The summed E-state index contributed by atoms with van der Waals surface area (Å²) in [7, 11) is 0. The number of hydrogen-bond donors (Lipinski definition) is 0. The molecule has 0 bridgehead atoms. The molecule has 0 unspecified atom stereocenters. The molecular weight excluding hydrogens is 252 g/mol. The van der Waals surface area contributed by atoms with Crippen molar-refractivity contribution in [2.75, 3.05) is 0 Å². The van der Waals surface area contributed by atoms with Gasteiger partial charge in [0.05, 0.1) is 12.9 Å². The third-order valence-corrected chi connectivity index (χ3v) is 2.66. The van der Waals surface area contributed by atoms with Gasteiger partial charge in [-0.05, 0) is 18.2 Å². The summed E-state index contributed by atoms with van der Waals surface area (Å²) < 4.78 is 7.07. The first-order chi connectivity index (χ1) is 8.81. The Morgan fingerprint density at radius 2 is 2.28 bits per heavy atom. The van der Waals surface area contributed by atoms with Crippen LogP contribution in [0.3, 0.4) is 0 Å². The summed E-state index contributed by atoms with van der Waals surface area (Å²) in [5.74, 6) is 1.07. The molecule has 0 spiro atoms. The third-order valence-electron chi connectivity index (χ3n) is 2.42. The first kappa shape index (κ1) is 11.0. The first-order valence-corrected chi connectivity index (χ1v) is 5.73. The Bertz CT molecular complexity index is 648. The summed E-state index contributed by atoms with van der Waals surface area (Å²) in [6, 6.07) is 7.31. The normalized spacial score (nSPS) is 10.7. The van der Waals surface area contributed by atoms with Crippen molar-refractivity contribution in [2.24, 2.45) is 0 Å². The molecule has 3 rings (SSSR count). The third kappa shape index (κ3) is 2.26. The molecule has 18 heavy (non-hydrogen) atoms. The van der Waals surface area contributed by atoms with Crippen LogP contribution in [0.1, 0.15) is 5.82 Å². The number of imidazole rings is 1. The molecular formula is C12H9ClN4O. The lowest BCUT2D eigenvalue weighted by molar-refractivity contribution is 0.420. The first-order valence-electron chi connectivity index (χ1n) is 5.35.